The lowest BCUT2D eigenvalue weighted by Gasteiger charge is -2.36. The summed E-state index contributed by atoms with van der Waals surface area (Å²) in [7, 11) is 0. The summed E-state index contributed by atoms with van der Waals surface area (Å²) in [6.45, 7) is 6.44. The number of nitrogens with zero attached hydrogens (tertiary/aromatic N) is 2. The molecule has 1 atom stereocenters. The van der Waals surface area contributed by atoms with Gasteiger partial charge in [-0.3, -0.25) is 4.79 Å². The third-order valence-electron chi connectivity index (χ3n) is 4.16. The molecule has 2 heterocycles. The average Bonchev–Trinajstić information content (AvgIpc) is 2.84. The zero-order chi connectivity index (χ0) is 15.0. The van der Waals surface area contributed by atoms with Crippen molar-refractivity contribution in [2.24, 2.45) is 0 Å². The highest BCUT2D eigenvalue weighted by Gasteiger charge is 2.32. The van der Waals surface area contributed by atoms with Gasteiger partial charge in [0.15, 0.2) is 5.89 Å². The first-order chi connectivity index (χ1) is 10.1. The third-order valence-corrected chi connectivity index (χ3v) is 4.16. The van der Waals surface area contributed by atoms with Crippen molar-refractivity contribution in [2.45, 2.75) is 39.7 Å². The van der Waals surface area contributed by atoms with Crippen LogP contribution >= 0.6 is 0 Å². The van der Waals surface area contributed by atoms with E-state index in [9.17, 15) is 4.79 Å². The molecule has 0 bridgehead atoms. The first-order valence-corrected chi connectivity index (χ1v) is 7.44. The van der Waals surface area contributed by atoms with Crippen LogP contribution in [0.4, 0.5) is 0 Å². The van der Waals surface area contributed by atoms with E-state index in [1.54, 1.807) is 6.92 Å². The van der Waals surface area contributed by atoms with Crippen molar-refractivity contribution < 1.29 is 9.21 Å². The molecule has 0 aliphatic carbocycles. The monoisotopic (exact) mass is 284 g/mol. The van der Waals surface area contributed by atoms with Gasteiger partial charge in [-0.15, -0.1) is 0 Å². The van der Waals surface area contributed by atoms with Crippen LogP contribution in [0, 0.1) is 13.8 Å². The van der Waals surface area contributed by atoms with Crippen LogP contribution in [0.5, 0.6) is 0 Å². The van der Waals surface area contributed by atoms with Gasteiger partial charge in [-0.05, 0) is 30.9 Å². The molecule has 110 valence electrons. The summed E-state index contributed by atoms with van der Waals surface area (Å²) in [4.78, 5) is 18.9. The highest BCUT2D eigenvalue weighted by atomic mass is 16.4. The van der Waals surface area contributed by atoms with Crippen molar-refractivity contribution in [1.82, 2.24) is 9.88 Å². The second-order valence-corrected chi connectivity index (χ2v) is 5.52. The number of aromatic nitrogens is 1. The normalized spacial score (nSPS) is 17.7. The number of carbonyl (C=O) groups is 1. The minimum atomic E-state index is -0.0468. The van der Waals surface area contributed by atoms with Gasteiger partial charge in [0.25, 0.3) is 5.91 Å². The molecule has 21 heavy (non-hydrogen) atoms. The van der Waals surface area contributed by atoms with E-state index in [0.29, 0.717) is 17.3 Å². The third kappa shape index (κ3) is 2.35. The van der Waals surface area contributed by atoms with E-state index in [0.717, 1.165) is 19.4 Å². The van der Waals surface area contributed by atoms with Crippen LogP contribution in [0.25, 0.3) is 0 Å². The Labute approximate surface area is 124 Å². The number of hydrogen-bond acceptors (Lipinski definition) is 3. The highest BCUT2D eigenvalue weighted by Crippen LogP contribution is 2.33. The molecule has 3 rings (SSSR count). The van der Waals surface area contributed by atoms with E-state index in [1.165, 1.54) is 11.1 Å². The predicted octanol–water partition coefficient (Wildman–Crippen LogP) is 3.44. The van der Waals surface area contributed by atoms with Gasteiger partial charge in [0.2, 0.25) is 5.76 Å². The Morgan fingerprint density at radius 3 is 2.81 bits per heavy atom. The van der Waals surface area contributed by atoms with Gasteiger partial charge in [-0.25, -0.2) is 4.98 Å². The van der Waals surface area contributed by atoms with Crippen molar-refractivity contribution in [3.05, 3.63) is 52.7 Å². The molecule has 0 spiro atoms. The van der Waals surface area contributed by atoms with E-state index in [4.69, 9.17) is 4.42 Å². The molecule has 4 heteroatoms. The van der Waals surface area contributed by atoms with Crippen molar-refractivity contribution in [1.29, 1.82) is 0 Å². The smallest absolute Gasteiger partial charge is 0.292 e. The molecule has 0 fully saturated rings. The molecule has 1 aliphatic rings. The Morgan fingerprint density at radius 1 is 1.38 bits per heavy atom. The van der Waals surface area contributed by atoms with Crippen molar-refractivity contribution in [3.63, 3.8) is 0 Å². The highest BCUT2D eigenvalue weighted by molar-refractivity contribution is 5.93. The lowest BCUT2D eigenvalue weighted by atomic mass is 9.91. The molecule has 1 aromatic carbocycles. The van der Waals surface area contributed by atoms with Crippen molar-refractivity contribution in [2.75, 3.05) is 6.54 Å². The number of hydrogen-bond donors (Lipinski definition) is 0. The second-order valence-electron chi connectivity index (χ2n) is 5.52. The average molecular weight is 284 g/mol. The molecule has 0 saturated carbocycles. The summed E-state index contributed by atoms with van der Waals surface area (Å²) < 4.78 is 5.51. The van der Waals surface area contributed by atoms with Gasteiger partial charge < -0.3 is 9.32 Å². The van der Waals surface area contributed by atoms with Gasteiger partial charge in [0, 0.05) is 13.5 Å². The molecule has 2 aromatic rings. The van der Waals surface area contributed by atoms with Crippen LogP contribution in [-0.4, -0.2) is 22.3 Å². The molecule has 0 saturated heterocycles. The summed E-state index contributed by atoms with van der Waals surface area (Å²) >= 11 is 0. The van der Waals surface area contributed by atoms with Crippen LogP contribution in [0.2, 0.25) is 0 Å². The van der Waals surface area contributed by atoms with E-state index >= 15 is 0 Å². The molecule has 1 amide bonds. The second kappa shape index (κ2) is 5.35. The van der Waals surface area contributed by atoms with Crippen molar-refractivity contribution in [3.8, 4) is 0 Å². The van der Waals surface area contributed by atoms with Gasteiger partial charge in [-0.1, -0.05) is 31.2 Å². The standard InChI is InChI=1S/C17H20N2O2/c1-4-15-14-8-6-5-7-13(14)9-10-19(15)17(20)16-11(2)18-12(3)21-16/h5-8,15H,4,9-10H2,1-3H3. The van der Waals surface area contributed by atoms with Crippen LogP contribution < -0.4 is 0 Å². The number of aryl methyl sites for hydroxylation is 2. The summed E-state index contributed by atoms with van der Waals surface area (Å²) in [5.41, 5.74) is 3.28. The SMILES string of the molecule is CCC1c2ccccc2CCN1C(=O)c1oc(C)nc1C. The quantitative estimate of drug-likeness (QED) is 0.848. The Hall–Kier alpha value is -2.10. The van der Waals surface area contributed by atoms with E-state index in [-0.39, 0.29) is 11.9 Å². The Morgan fingerprint density at radius 2 is 2.14 bits per heavy atom. The molecular formula is C17H20N2O2. The Balaban J connectivity index is 1.96. The maximum absolute atomic E-state index is 12.8. The maximum atomic E-state index is 12.8. The number of rotatable bonds is 2. The van der Waals surface area contributed by atoms with E-state index in [2.05, 4.69) is 30.1 Å². The zero-order valence-electron chi connectivity index (χ0n) is 12.7. The van der Waals surface area contributed by atoms with Crippen LogP contribution in [0.3, 0.4) is 0 Å². The van der Waals surface area contributed by atoms with Crippen LogP contribution in [-0.2, 0) is 6.42 Å². The van der Waals surface area contributed by atoms with Crippen LogP contribution in [0.1, 0.15) is 52.7 Å². The first-order valence-electron chi connectivity index (χ1n) is 7.44. The lowest BCUT2D eigenvalue weighted by Crippen LogP contribution is -2.40. The Kier molecular flexibility index (Phi) is 3.53. The molecular weight excluding hydrogens is 264 g/mol. The summed E-state index contributed by atoms with van der Waals surface area (Å²) in [5, 5.41) is 0. The number of carbonyl (C=O) groups excluding carboxylic acids is 1. The number of oxazole rings is 1. The molecule has 1 aliphatic heterocycles. The lowest BCUT2D eigenvalue weighted by molar-refractivity contribution is 0.0620. The summed E-state index contributed by atoms with van der Waals surface area (Å²) in [6.07, 6.45) is 1.79. The number of amides is 1. The minimum Gasteiger partial charge on any atom is -0.436 e. The van der Waals surface area contributed by atoms with Gasteiger partial charge in [0.1, 0.15) is 0 Å². The Bertz CT molecular complexity index is 675. The fourth-order valence-corrected chi connectivity index (χ4v) is 3.20. The fraction of sp³-hybridized carbons (Fsp3) is 0.412. The van der Waals surface area contributed by atoms with E-state index < -0.39 is 0 Å². The maximum Gasteiger partial charge on any atom is 0.292 e. The van der Waals surface area contributed by atoms with E-state index in [1.807, 2.05) is 17.9 Å². The van der Waals surface area contributed by atoms with Crippen LogP contribution in [0.15, 0.2) is 28.7 Å². The summed E-state index contributed by atoms with van der Waals surface area (Å²) in [5.74, 6) is 0.876. The molecule has 0 N–H and O–H groups in total. The largest absolute Gasteiger partial charge is 0.436 e. The number of benzene rings is 1. The van der Waals surface area contributed by atoms with Gasteiger partial charge in [0.05, 0.1) is 11.7 Å². The summed E-state index contributed by atoms with van der Waals surface area (Å²) in [6, 6.07) is 8.50. The first kappa shape index (κ1) is 13.9. The topological polar surface area (TPSA) is 46.3 Å². The predicted molar refractivity (Wildman–Crippen MR) is 80.2 cm³/mol. The molecule has 1 aromatic heterocycles. The fourth-order valence-electron chi connectivity index (χ4n) is 3.20. The number of fused-ring (bicyclic) bond motifs is 1. The molecule has 4 nitrogen and oxygen atoms in total. The zero-order valence-corrected chi connectivity index (χ0v) is 12.7. The minimum absolute atomic E-state index is 0.0468. The molecule has 1 unspecified atom stereocenters. The molecule has 0 radical (unpaired) electrons. The van der Waals surface area contributed by atoms with Gasteiger partial charge >= 0.3 is 0 Å². The van der Waals surface area contributed by atoms with Crippen molar-refractivity contribution >= 4 is 5.91 Å². The van der Waals surface area contributed by atoms with Gasteiger partial charge in [-0.2, -0.15) is 0 Å².